The van der Waals surface area contributed by atoms with Gasteiger partial charge in [0.25, 0.3) is 0 Å². The van der Waals surface area contributed by atoms with Gasteiger partial charge in [0.05, 0.1) is 7.11 Å². The van der Waals surface area contributed by atoms with Gasteiger partial charge in [-0.2, -0.15) is 0 Å². The van der Waals surface area contributed by atoms with Crippen molar-refractivity contribution in [1.29, 1.82) is 0 Å². The molecule has 1 fully saturated rings. The highest BCUT2D eigenvalue weighted by Crippen LogP contribution is 2.30. The number of piperidine rings is 1. The molecule has 0 amide bonds. The van der Waals surface area contributed by atoms with Crippen molar-refractivity contribution in [3.63, 3.8) is 0 Å². The molecule has 1 aliphatic heterocycles. The summed E-state index contributed by atoms with van der Waals surface area (Å²) in [6, 6.07) is 17.1. The highest BCUT2D eigenvalue weighted by Gasteiger charge is 2.22. The zero-order valence-electron chi connectivity index (χ0n) is 12.9. The maximum absolute atomic E-state index is 5.98. The first-order valence-corrected chi connectivity index (χ1v) is 8.24. The van der Waals surface area contributed by atoms with Crippen LogP contribution in [0.1, 0.15) is 30.0 Å². The zero-order chi connectivity index (χ0) is 15.4. The average Bonchev–Trinajstić information content (AvgIpc) is 2.56. The van der Waals surface area contributed by atoms with Gasteiger partial charge < -0.3 is 10.1 Å². The van der Waals surface area contributed by atoms with Crippen LogP contribution in [0.2, 0.25) is 5.02 Å². The number of ether oxygens (including phenoxy) is 1. The molecule has 116 valence electrons. The Morgan fingerprint density at radius 3 is 2.50 bits per heavy atom. The van der Waals surface area contributed by atoms with Crippen molar-refractivity contribution in [3.05, 3.63) is 64.7 Å². The van der Waals surface area contributed by atoms with Gasteiger partial charge in [0, 0.05) is 11.1 Å². The van der Waals surface area contributed by atoms with Crippen molar-refractivity contribution < 1.29 is 4.74 Å². The molecule has 2 atom stereocenters. The molecule has 0 aliphatic carbocycles. The number of hydrogen-bond acceptors (Lipinski definition) is 2. The van der Waals surface area contributed by atoms with E-state index in [9.17, 15) is 0 Å². The lowest BCUT2D eigenvalue weighted by molar-refractivity contribution is 0.304. The lowest BCUT2D eigenvalue weighted by atomic mass is 9.85. The standard InChI is InChI=1S/C19H22ClNO/c1-22-18-8-2-14(3-9-18)12-15-10-11-21-19(13-15)16-4-6-17(20)7-5-16/h2-9,15,19,21H,10-13H2,1H3. The topological polar surface area (TPSA) is 21.3 Å². The molecule has 0 radical (unpaired) electrons. The molecule has 3 rings (SSSR count). The van der Waals surface area contributed by atoms with Crippen LogP contribution in [0.15, 0.2) is 48.5 Å². The van der Waals surface area contributed by atoms with E-state index in [4.69, 9.17) is 16.3 Å². The third-order valence-electron chi connectivity index (χ3n) is 4.47. The van der Waals surface area contributed by atoms with Crippen LogP contribution in [-0.4, -0.2) is 13.7 Å². The molecule has 2 aromatic carbocycles. The first-order chi connectivity index (χ1) is 10.7. The van der Waals surface area contributed by atoms with Gasteiger partial charge in [0.1, 0.15) is 5.75 Å². The van der Waals surface area contributed by atoms with Gasteiger partial charge in [-0.15, -0.1) is 0 Å². The van der Waals surface area contributed by atoms with Gasteiger partial charge in [-0.05, 0) is 67.1 Å². The Balaban J connectivity index is 1.63. The van der Waals surface area contributed by atoms with Crippen LogP contribution in [0.5, 0.6) is 5.75 Å². The monoisotopic (exact) mass is 315 g/mol. The van der Waals surface area contributed by atoms with Crippen molar-refractivity contribution in [2.45, 2.75) is 25.3 Å². The molecule has 1 aliphatic rings. The minimum absolute atomic E-state index is 0.439. The van der Waals surface area contributed by atoms with Gasteiger partial charge in [0.2, 0.25) is 0 Å². The lowest BCUT2D eigenvalue weighted by Gasteiger charge is -2.31. The van der Waals surface area contributed by atoms with E-state index in [1.807, 2.05) is 24.3 Å². The Morgan fingerprint density at radius 2 is 1.82 bits per heavy atom. The van der Waals surface area contributed by atoms with Crippen molar-refractivity contribution >= 4 is 11.6 Å². The largest absolute Gasteiger partial charge is 0.497 e. The quantitative estimate of drug-likeness (QED) is 0.888. The first-order valence-electron chi connectivity index (χ1n) is 7.86. The van der Waals surface area contributed by atoms with E-state index < -0.39 is 0 Å². The second-order valence-corrected chi connectivity index (χ2v) is 6.44. The molecule has 3 heteroatoms. The van der Waals surface area contributed by atoms with Gasteiger partial charge >= 0.3 is 0 Å². The van der Waals surface area contributed by atoms with Gasteiger partial charge in [-0.3, -0.25) is 0 Å². The van der Waals surface area contributed by atoms with E-state index in [1.165, 1.54) is 24.0 Å². The van der Waals surface area contributed by atoms with E-state index >= 15 is 0 Å². The van der Waals surface area contributed by atoms with E-state index in [2.05, 4.69) is 29.6 Å². The van der Waals surface area contributed by atoms with E-state index in [0.29, 0.717) is 6.04 Å². The third kappa shape index (κ3) is 3.82. The van der Waals surface area contributed by atoms with E-state index in [1.54, 1.807) is 7.11 Å². The fourth-order valence-corrected chi connectivity index (χ4v) is 3.35. The van der Waals surface area contributed by atoms with E-state index in [0.717, 1.165) is 29.7 Å². The Labute approximate surface area is 137 Å². The summed E-state index contributed by atoms with van der Waals surface area (Å²) in [6.45, 7) is 1.08. The van der Waals surface area contributed by atoms with Crippen LogP contribution in [0.3, 0.4) is 0 Å². The molecular weight excluding hydrogens is 294 g/mol. The Kier molecular flexibility index (Phi) is 5.01. The fourth-order valence-electron chi connectivity index (χ4n) is 3.23. The van der Waals surface area contributed by atoms with Crippen molar-refractivity contribution in [2.75, 3.05) is 13.7 Å². The molecule has 22 heavy (non-hydrogen) atoms. The highest BCUT2D eigenvalue weighted by atomic mass is 35.5. The molecule has 2 aromatic rings. The van der Waals surface area contributed by atoms with Crippen LogP contribution < -0.4 is 10.1 Å². The molecule has 1 N–H and O–H groups in total. The predicted octanol–water partition coefficient (Wildman–Crippen LogP) is 4.63. The number of methoxy groups -OCH3 is 1. The van der Waals surface area contributed by atoms with Crippen molar-refractivity contribution in [2.24, 2.45) is 5.92 Å². The van der Waals surface area contributed by atoms with Crippen LogP contribution in [0.4, 0.5) is 0 Å². The number of benzene rings is 2. The summed E-state index contributed by atoms with van der Waals surface area (Å²) < 4.78 is 5.22. The van der Waals surface area contributed by atoms with Crippen molar-refractivity contribution in [3.8, 4) is 5.75 Å². The highest BCUT2D eigenvalue weighted by molar-refractivity contribution is 6.30. The maximum atomic E-state index is 5.98. The first kappa shape index (κ1) is 15.4. The van der Waals surface area contributed by atoms with Crippen LogP contribution >= 0.6 is 11.6 Å². The third-order valence-corrected chi connectivity index (χ3v) is 4.72. The number of halogens is 1. The number of rotatable bonds is 4. The SMILES string of the molecule is COc1ccc(CC2CCNC(c3ccc(Cl)cc3)C2)cc1. The summed E-state index contributed by atoms with van der Waals surface area (Å²) >= 11 is 5.98. The van der Waals surface area contributed by atoms with Gasteiger partial charge in [-0.1, -0.05) is 35.9 Å². The normalized spacial score (nSPS) is 21.5. The number of nitrogens with one attached hydrogen (secondary N) is 1. The summed E-state index contributed by atoms with van der Waals surface area (Å²) in [5, 5.41) is 4.43. The van der Waals surface area contributed by atoms with Crippen LogP contribution in [0, 0.1) is 5.92 Å². The molecule has 0 spiro atoms. The van der Waals surface area contributed by atoms with Gasteiger partial charge in [0.15, 0.2) is 0 Å². The number of hydrogen-bond donors (Lipinski definition) is 1. The summed E-state index contributed by atoms with van der Waals surface area (Å²) in [4.78, 5) is 0. The molecule has 2 unspecified atom stereocenters. The molecule has 0 aromatic heterocycles. The van der Waals surface area contributed by atoms with Crippen LogP contribution in [-0.2, 0) is 6.42 Å². The fraction of sp³-hybridized carbons (Fsp3) is 0.368. The minimum atomic E-state index is 0.439. The van der Waals surface area contributed by atoms with Crippen molar-refractivity contribution in [1.82, 2.24) is 5.32 Å². The molecule has 0 saturated carbocycles. The summed E-state index contributed by atoms with van der Waals surface area (Å²) in [6.07, 6.45) is 3.54. The summed E-state index contributed by atoms with van der Waals surface area (Å²) in [5.74, 6) is 1.64. The van der Waals surface area contributed by atoms with E-state index in [-0.39, 0.29) is 0 Å². The predicted molar refractivity (Wildman–Crippen MR) is 91.6 cm³/mol. The Morgan fingerprint density at radius 1 is 1.09 bits per heavy atom. The zero-order valence-corrected chi connectivity index (χ0v) is 13.6. The molecule has 1 heterocycles. The Hall–Kier alpha value is -1.51. The summed E-state index contributed by atoms with van der Waals surface area (Å²) in [7, 11) is 1.71. The minimum Gasteiger partial charge on any atom is -0.497 e. The maximum Gasteiger partial charge on any atom is 0.118 e. The summed E-state index contributed by atoms with van der Waals surface area (Å²) in [5.41, 5.74) is 2.73. The smallest absolute Gasteiger partial charge is 0.118 e. The molecule has 0 bridgehead atoms. The second kappa shape index (κ2) is 7.17. The molecule has 1 saturated heterocycles. The van der Waals surface area contributed by atoms with Gasteiger partial charge in [-0.25, -0.2) is 0 Å². The average molecular weight is 316 g/mol. The second-order valence-electron chi connectivity index (χ2n) is 6.00. The van der Waals surface area contributed by atoms with Crippen LogP contribution in [0.25, 0.3) is 0 Å². The Bertz CT molecular complexity index is 594. The molecular formula is C19H22ClNO. The molecule has 2 nitrogen and oxygen atoms in total. The lowest BCUT2D eigenvalue weighted by Crippen LogP contribution is -2.32.